The van der Waals surface area contributed by atoms with E-state index in [0.29, 0.717) is 0 Å². The Hall–Kier alpha value is -5.19. The molecule has 41 heavy (non-hydrogen) atoms. The molecular formula is C37H23N3S. The van der Waals surface area contributed by atoms with Gasteiger partial charge in [0.05, 0.1) is 21.4 Å². The summed E-state index contributed by atoms with van der Waals surface area (Å²) >= 11 is 1.74. The van der Waals surface area contributed by atoms with Gasteiger partial charge in [-0.1, -0.05) is 109 Å². The first-order valence-corrected chi connectivity index (χ1v) is 14.4. The number of benzene rings is 6. The van der Waals surface area contributed by atoms with Crippen molar-refractivity contribution >= 4 is 43.2 Å². The standard InChI is InChI=1S/C37H23N3S/c1-2-10-25(11-3-1)35-30-14-6-7-15-32(30)38-36(40-35)26-20-18-24(19-21-26)28-22-27-12-4-5-13-29(27)31(23-28)37-39-33-16-8-9-17-34(33)41-37/h1-23H. The molecule has 8 rings (SSSR count). The van der Waals surface area contributed by atoms with Crippen LogP contribution in [0.4, 0.5) is 0 Å². The maximum absolute atomic E-state index is 5.04. The SMILES string of the molecule is c1ccc(-c2nc(-c3ccc(-c4cc(-c5nc6ccccc6s5)c5ccccc5c4)cc3)nc3ccccc23)cc1. The van der Waals surface area contributed by atoms with E-state index in [-0.39, 0.29) is 0 Å². The van der Waals surface area contributed by atoms with E-state index in [0.717, 1.165) is 60.8 Å². The number of aromatic nitrogens is 3. The molecule has 0 saturated heterocycles. The summed E-state index contributed by atoms with van der Waals surface area (Å²) in [5, 5.41) is 4.51. The van der Waals surface area contributed by atoms with Crippen LogP contribution in [-0.4, -0.2) is 15.0 Å². The molecule has 3 nitrogen and oxygen atoms in total. The molecule has 0 aliphatic rings. The van der Waals surface area contributed by atoms with Crippen LogP contribution in [0.25, 0.3) is 76.2 Å². The van der Waals surface area contributed by atoms with Crippen LogP contribution in [0.2, 0.25) is 0 Å². The molecule has 4 heteroatoms. The van der Waals surface area contributed by atoms with E-state index in [1.807, 2.05) is 36.4 Å². The minimum atomic E-state index is 0.725. The molecular weight excluding hydrogens is 518 g/mol. The number of hydrogen-bond donors (Lipinski definition) is 0. The third kappa shape index (κ3) is 4.26. The number of thiazole rings is 1. The average Bonchev–Trinajstić information content (AvgIpc) is 3.48. The van der Waals surface area contributed by atoms with E-state index < -0.39 is 0 Å². The highest BCUT2D eigenvalue weighted by molar-refractivity contribution is 7.21. The lowest BCUT2D eigenvalue weighted by Gasteiger charge is -2.11. The normalized spacial score (nSPS) is 11.4. The molecule has 2 heterocycles. The van der Waals surface area contributed by atoms with Crippen LogP contribution in [0.1, 0.15) is 0 Å². The smallest absolute Gasteiger partial charge is 0.160 e. The van der Waals surface area contributed by atoms with E-state index in [2.05, 4.69) is 103 Å². The fraction of sp³-hybridized carbons (Fsp3) is 0. The maximum atomic E-state index is 5.04. The van der Waals surface area contributed by atoms with E-state index in [1.54, 1.807) is 11.3 Å². The van der Waals surface area contributed by atoms with Gasteiger partial charge in [-0.05, 0) is 52.2 Å². The molecule has 0 aliphatic heterocycles. The average molecular weight is 542 g/mol. The van der Waals surface area contributed by atoms with Crippen LogP contribution >= 0.6 is 11.3 Å². The van der Waals surface area contributed by atoms with E-state index in [4.69, 9.17) is 15.0 Å². The van der Waals surface area contributed by atoms with Crippen molar-refractivity contribution in [3.8, 4) is 44.3 Å². The highest BCUT2D eigenvalue weighted by Crippen LogP contribution is 2.38. The lowest BCUT2D eigenvalue weighted by atomic mass is 9.96. The zero-order valence-electron chi connectivity index (χ0n) is 22.0. The monoisotopic (exact) mass is 541 g/mol. The Morgan fingerprint density at radius 1 is 0.439 bits per heavy atom. The predicted octanol–water partition coefficient (Wildman–Crippen LogP) is 10.1. The summed E-state index contributed by atoms with van der Waals surface area (Å²) < 4.78 is 1.20. The molecule has 0 aliphatic carbocycles. The van der Waals surface area contributed by atoms with Gasteiger partial charge in [0.2, 0.25) is 0 Å². The second-order valence-corrected chi connectivity index (χ2v) is 11.1. The van der Waals surface area contributed by atoms with Crippen molar-refractivity contribution in [2.75, 3.05) is 0 Å². The van der Waals surface area contributed by atoms with Crippen molar-refractivity contribution in [2.45, 2.75) is 0 Å². The van der Waals surface area contributed by atoms with Crippen LogP contribution in [0.3, 0.4) is 0 Å². The molecule has 0 amide bonds. The molecule has 0 saturated carbocycles. The second-order valence-electron chi connectivity index (χ2n) is 10.1. The summed E-state index contributed by atoms with van der Waals surface area (Å²) in [5.41, 5.74) is 8.47. The summed E-state index contributed by atoms with van der Waals surface area (Å²) in [6.07, 6.45) is 0. The summed E-state index contributed by atoms with van der Waals surface area (Å²) in [4.78, 5) is 15.0. The molecule has 192 valence electrons. The molecule has 8 aromatic rings. The van der Waals surface area contributed by atoms with E-state index >= 15 is 0 Å². The fourth-order valence-electron chi connectivity index (χ4n) is 5.48. The molecule has 6 aromatic carbocycles. The summed E-state index contributed by atoms with van der Waals surface area (Å²) in [7, 11) is 0. The van der Waals surface area contributed by atoms with Gasteiger partial charge < -0.3 is 0 Å². The van der Waals surface area contributed by atoms with Crippen LogP contribution in [-0.2, 0) is 0 Å². The summed E-state index contributed by atoms with van der Waals surface area (Å²) in [6.45, 7) is 0. The Morgan fingerprint density at radius 2 is 1.12 bits per heavy atom. The number of hydrogen-bond acceptors (Lipinski definition) is 4. The first-order valence-electron chi connectivity index (χ1n) is 13.6. The van der Waals surface area contributed by atoms with Gasteiger partial charge in [0.25, 0.3) is 0 Å². The van der Waals surface area contributed by atoms with Crippen molar-refractivity contribution in [1.82, 2.24) is 15.0 Å². The predicted molar refractivity (Wildman–Crippen MR) is 172 cm³/mol. The van der Waals surface area contributed by atoms with Gasteiger partial charge in [-0.15, -0.1) is 11.3 Å². The molecule has 0 spiro atoms. The number of fused-ring (bicyclic) bond motifs is 3. The molecule has 2 aromatic heterocycles. The third-order valence-electron chi connectivity index (χ3n) is 7.51. The van der Waals surface area contributed by atoms with Crippen LogP contribution in [0, 0.1) is 0 Å². The highest BCUT2D eigenvalue weighted by atomic mass is 32.1. The number of rotatable bonds is 4. The third-order valence-corrected chi connectivity index (χ3v) is 8.58. The first-order chi connectivity index (χ1) is 20.3. The number of para-hydroxylation sites is 2. The maximum Gasteiger partial charge on any atom is 0.160 e. The largest absolute Gasteiger partial charge is 0.236 e. The van der Waals surface area contributed by atoms with Gasteiger partial charge in [0.1, 0.15) is 5.01 Å². The minimum Gasteiger partial charge on any atom is -0.236 e. The zero-order valence-corrected chi connectivity index (χ0v) is 22.8. The van der Waals surface area contributed by atoms with E-state index in [9.17, 15) is 0 Å². The lowest BCUT2D eigenvalue weighted by molar-refractivity contribution is 1.23. The number of nitrogens with zero attached hydrogens (tertiary/aromatic N) is 3. The molecule has 0 atom stereocenters. The Kier molecular flexibility index (Phi) is 5.64. The second kappa shape index (κ2) is 9.77. The van der Waals surface area contributed by atoms with Gasteiger partial charge in [-0.3, -0.25) is 0 Å². The van der Waals surface area contributed by atoms with Gasteiger partial charge in [-0.2, -0.15) is 0 Å². The highest BCUT2D eigenvalue weighted by Gasteiger charge is 2.14. The zero-order chi connectivity index (χ0) is 27.2. The van der Waals surface area contributed by atoms with Crippen LogP contribution in [0.15, 0.2) is 140 Å². The summed E-state index contributed by atoms with van der Waals surface area (Å²) in [6, 6.07) is 48.6. The Balaban J connectivity index is 1.23. The van der Waals surface area contributed by atoms with Gasteiger partial charge >= 0.3 is 0 Å². The van der Waals surface area contributed by atoms with Gasteiger partial charge in [0.15, 0.2) is 5.82 Å². The first kappa shape index (κ1) is 23.7. The molecule has 0 unspecified atom stereocenters. The van der Waals surface area contributed by atoms with Crippen LogP contribution < -0.4 is 0 Å². The Labute approximate surface area is 241 Å². The molecule has 0 fully saturated rings. The lowest BCUT2D eigenvalue weighted by Crippen LogP contribution is -1.95. The Bertz CT molecular complexity index is 2170. The van der Waals surface area contributed by atoms with E-state index in [1.165, 1.54) is 15.5 Å². The fourth-order valence-corrected chi connectivity index (χ4v) is 6.47. The van der Waals surface area contributed by atoms with Crippen molar-refractivity contribution in [2.24, 2.45) is 0 Å². The topological polar surface area (TPSA) is 38.7 Å². The van der Waals surface area contributed by atoms with Gasteiger partial charge in [-0.25, -0.2) is 15.0 Å². The van der Waals surface area contributed by atoms with Crippen molar-refractivity contribution in [3.05, 3.63) is 140 Å². The molecule has 0 bridgehead atoms. The van der Waals surface area contributed by atoms with Gasteiger partial charge in [0, 0.05) is 22.1 Å². The van der Waals surface area contributed by atoms with Crippen molar-refractivity contribution < 1.29 is 0 Å². The quantitative estimate of drug-likeness (QED) is 0.222. The molecule has 0 radical (unpaired) electrons. The molecule has 0 N–H and O–H groups in total. The van der Waals surface area contributed by atoms with Crippen molar-refractivity contribution in [3.63, 3.8) is 0 Å². The van der Waals surface area contributed by atoms with Crippen molar-refractivity contribution in [1.29, 1.82) is 0 Å². The summed E-state index contributed by atoms with van der Waals surface area (Å²) in [5.74, 6) is 0.725. The van der Waals surface area contributed by atoms with Crippen LogP contribution in [0.5, 0.6) is 0 Å². The Morgan fingerprint density at radius 3 is 1.95 bits per heavy atom. The minimum absolute atomic E-state index is 0.725.